The van der Waals surface area contributed by atoms with Gasteiger partial charge in [-0.2, -0.15) is 0 Å². The van der Waals surface area contributed by atoms with Gasteiger partial charge in [0.05, 0.1) is 6.10 Å². The highest BCUT2D eigenvalue weighted by molar-refractivity contribution is 5.88. The molecule has 0 saturated carbocycles. The molecule has 0 aliphatic rings. The molecule has 0 aliphatic heterocycles. The van der Waals surface area contributed by atoms with Gasteiger partial charge in [0.1, 0.15) is 0 Å². The highest BCUT2D eigenvalue weighted by atomic mass is 16.7. The van der Waals surface area contributed by atoms with E-state index in [2.05, 4.69) is 13.2 Å². The molecule has 0 rings (SSSR count). The van der Waals surface area contributed by atoms with E-state index in [1.54, 1.807) is 6.08 Å². The van der Waals surface area contributed by atoms with Gasteiger partial charge in [-0.15, -0.1) is 6.58 Å². The van der Waals surface area contributed by atoms with Gasteiger partial charge in [-0.1, -0.05) is 33.4 Å². The van der Waals surface area contributed by atoms with Crippen LogP contribution in [0.15, 0.2) is 24.8 Å². The van der Waals surface area contributed by atoms with Crippen LogP contribution in [0.4, 0.5) is 0 Å². The lowest BCUT2D eigenvalue weighted by Crippen LogP contribution is -2.21. The third kappa shape index (κ3) is 5.37. The second-order valence-electron chi connectivity index (χ2n) is 4.39. The largest absolute Gasteiger partial charge is 0.435 e. The number of carbonyl (C=O) groups is 1. The summed E-state index contributed by atoms with van der Waals surface area (Å²) in [6.07, 6.45) is 1.51. The van der Waals surface area contributed by atoms with E-state index in [1.807, 2.05) is 27.7 Å². The molecule has 15 heavy (non-hydrogen) atoms. The molecule has 0 aromatic carbocycles. The van der Waals surface area contributed by atoms with Gasteiger partial charge in [-0.25, -0.2) is 4.79 Å². The first-order valence-electron chi connectivity index (χ1n) is 4.89. The number of rotatable bonds is 5. The molecular weight excluding hydrogens is 192 g/mol. The number of esters is 1. The Bertz CT molecular complexity index is 248. The van der Waals surface area contributed by atoms with Crippen molar-refractivity contribution in [2.75, 3.05) is 6.79 Å². The fraction of sp³-hybridized carbons (Fsp3) is 0.583. The van der Waals surface area contributed by atoms with E-state index in [1.165, 1.54) is 0 Å². The van der Waals surface area contributed by atoms with E-state index in [-0.39, 0.29) is 18.3 Å². The average molecular weight is 212 g/mol. The van der Waals surface area contributed by atoms with Crippen LogP contribution in [-0.2, 0) is 14.3 Å². The summed E-state index contributed by atoms with van der Waals surface area (Å²) >= 11 is 0. The molecule has 0 aromatic rings. The molecule has 0 aliphatic carbocycles. The van der Waals surface area contributed by atoms with Gasteiger partial charge in [0.15, 0.2) is 6.79 Å². The van der Waals surface area contributed by atoms with Crippen molar-refractivity contribution in [1.29, 1.82) is 0 Å². The Morgan fingerprint density at radius 2 is 2.00 bits per heavy atom. The Hall–Kier alpha value is -1.09. The van der Waals surface area contributed by atoms with Crippen LogP contribution in [0.3, 0.4) is 0 Å². The number of ether oxygens (including phenoxy) is 2. The minimum Gasteiger partial charge on any atom is -0.435 e. The summed E-state index contributed by atoms with van der Waals surface area (Å²) in [6, 6.07) is 0. The van der Waals surface area contributed by atoms with Crippen molar-refractivity contribution in [3.05, 3.63) is 24.8 Å². The molecule has 0 bridgehead atoms. The molecule has 3 nitrogen and oxygen atoms in total. The van der Waals surface area contributed by atoms with Gasteiger partial charge in [-0.05, 0) is 12.3 Å². The van der Waals surface area contributed by atoms with E-state index in [0.717, 1.165) is 0 Å². The molecule has 1 atom stereocenters. The molecule has 0 N–H and O–H groups in total. The second-order valence-corrected chi connectivity index (χ2v) is 4.39. The zero-order valence-electron chi connectivity index (χ0n) is 10.0. The standard InChI is InChI=1S/C12H20O3/c1-7-9(2)14-8-15-11(13)10(3)12(4,5)6/h7,9H,1,3,8H2,2,4-6H3. The highest BCUT2D eigenvalue weighted by Crippen LogP contribution is 2.24. The topological polar surface area (TPSA) is 35.5 Å². The van der Waals surface area contributed by atoms with E-state index in [4.69, 9.17) is 9.47 Å². The van der Waals surface area contributed by atoms with E-state index < -0.39 is 5.97 Å². The summed E-state index contributed by atoms with van der Waals surface area (Å²) in [4.78, 5) is 11.4. The molecule has 3 heteroatoms. The quantitative estimate of drug-likeness (QED) is 0.304. The van der Waals surface area contributed by atoms with Crippen molar-refractivity contribution in [3.8, 4) is 0 Å². The minimum absolute atomic E-state index is 0.0683. The molecule has 86 valence electrons. The Labute approximate surface area is 91.8 Å². The van der Waals surface area contributed by atoms with Crippen LogP contribution < -0.4 is 0 Å². The van der Waals surface area contributed by atoms with Crippen molar-refractivity contribution in [1.82, 2.24) is 0 Å². The average Bonchev–Trinajstić information content (AvgIpc) is 2.14. The zero-order valence-corrected chi connectivity index (χ0v) is 10.0. The maximum absolute atomic E-state index is 11.4. The summed E-state index contributed by atoms with van der Waals surface area (Å²) in [5, 5.41) is 0. The molecule has 0 heterocycles. The maximum atomic E-state index is 11.4. The summed E-state index contributed by atoms with van der Waals surface area (Å²) in [5.74, 6) is -0.418. The minimum atomic E-state index is -0.418. The van der Waals surface area contributed by atoms with Crippen LogP contribution in [0.2, 0.25) is 0 Å². The van der Waals surface area contributed by atoms with Gasteiger partial charge < -0.3 is 9.47 Å². The van der Waals surface area contributed by atoms with Crippen molar-refractivity contribution >= 4 is 5.97 Å². The Morgan fingerprint density at radius 1 is 1.47 bits per heavy atom. The van der Waals surface area contributed by atoms with Crippen molar-refractivity contribution in [3.63, 3.8) is 0 Å². The molecule has 0 saturated heterocycles. The summed E-state index contributed by atoms with van der Waals surface area (Å²) < 4.78 is 10.0. The van der Waals surface area contributed by atoms with E-state index in [9.17, 15) is 4.79 Å². The first kappa shape index (κ1) is 13.9. The number of carbonyl (C=O) groups excluding carboxylic acids is 1. The summed E-state index contributed by atoms with van der Waals surface area (Å²) in [7, 11) is 0. The predicted octanol–water partition coefficient (Wildman–Crippen LogP) is 2.68. The highest BCUT2D eigenvalue weighted by Gasteiger charge is 2.22. The zero-order chi connectivity index (χ0) is 12.1. The van der Waals surface area contributed by atoms with Crippen LogP contribution in [0.1, 0.15) is 27.7 Å². The Kier molecular flexibility index (Phi) is 5.29. The lowest BCUT2D eigenvalue weighted by atomic mass is 9.88. The molecule has 0 aromatic heterocycles. The monoisotopic (exact) mass is 212 g/mol. The normalized spacial score (nSPS) is 13.1. The van der Waals surface area contributed by atoms with Crippen LogP contribution in [0.5, 0.6) is 0 Å². The van der Waals surface area contributed by atoms with Crippen molar-refractivity contribution in [2.24, 2.45) is 5.41 Å². The summed E-state index contributed by atoms with van der Waals surface area (Å²) in [6.45, 7) is 14.7. The molecule has 1 unspecified atom stereocenters. The molecular formula is C12H20O3. The lowest BCUT2D eigenvalue weighted by Gasteiger charge is -2.20. The predicted molar refractivity (Wildman–Crippen MR) is 60.3 cm³/mol. The lowest BCUT2D eigenvalue weighted by molar-refractivity contribution is -0.154. The number of hydrogen-bond donors (Lipinski definition) is 0. The van der Waals surface area contributed by atoms with Crippen molar-refractivity contribution in [2.45, 2.75) is 33.8 Å². The third-order valence-electron chi connectivity index (χ3n) is 2.00. The van der Waals surface area contributed by atoms with E-state index >= 15 is 0 Å². The second kappa shape index (κ2) is 5.71. The molecule has 0 radical (unpaired) electrons. The van der Waals surface area contributed by atoms with Gasteiger partial charge in [0, 0.05) is 5.57 Å². The first-order chi connectivity index (χ1) is 6.79. The fourth-order valence-electron chi connectivity index (χ4n) is 0.656. The molecule has 0 amide bonds. The van der Waals surface area contributed by atoms with Gasteiger partial charge >= 0.3 is 5.97 Å². The van der Waals surface area contributed by atoms with Crippen LogP contribution in [0.25, 0.3) is 0 Å². The van der Waals surface area contributed by atoms with E-state index in [0.29, 0.717) is 5.57 Å². The van der Waals surface area contributed by atoms with Gasteiger partial charge in [-0.3, -0.25) is 0 Å². The van der Waals surface area contributed by atoms with Gasteiger partial charge in [0.25, 0.3) is 0 Å². The SMILES string of the molecule is C=CC(C)OCOC(=O)C(=C)C(C)(C)C. The maximum Gasteiger partial charge on any atom is 0.336 e. The fourth-order valence-corrected chi connectivity index (χ4v) is 0.656. The number of hydrogen-bond acceptors (Lipinski definition) is 3. The Balaban J connectivity index is 3.95. The van der Waals surface area contributed by atoms with Crippen molar-refractivity contribution < 1.29 is 14.3 Å². The summed E-state index contributed by atoms with van der Waals surface area (Å²) in [5.41, 5.74) is 0.165. The third-order valence-corrected chi connectivity index (χ3v) is 2.00. The smallest absolute Gasteiger partial charge is 0.336 e. The van der Waals surface area contributed by atoms with Crippen LogP contribution in [-0.4, -0.2) is 18.9 Å². The molecule has 0 spiro atoms. The van der Waals surface area contributed by atoms with Gasteiger partial charge in [0.2, 0.25) is 0 Å². The molecule has 0 fully saturated rings. The van der Waals surface area contributed by atoms with Crippen LogP contribution in [0, 0.1) is 5.41 Å². The Morgan fingerprint density at radius 3 is 2.40 bits per heavy atom. The first-order valence-corrected chi connectivity index (χ1v) is 4.89. The van der Waals surface area contributed by atoms with Crippen LogP contribution >= 0.6 is 0 Å².